The van der Waals surface area contributed by atoms with Crippen molar-refractivity contribution in [1.29, 1.82) is 0 Å². The van der Waals surface area contributed by atoms with Gasteiger partial charge in [0, 0.05) is 50.7 Å². The summed E-state index contributed by atoms with van der Waals surface area (Å²) in [5, 5.41) is 3.56. The van der Waals surface area contributed by atoms with Gasteiger partial charge in [-0.1, -0.05) is 450 Å². The van der Waals surface area contributed by atoms with Gasteiger partial charge in [-0.3, -0.25) is 4.79 Å². The van der Waals surface area contributed by atoms with Gasteiger partial charge in [0.2, 0.25) is 0 Å². The highest BCUT2D eigenvalue weighted by Gasteiger charge is 2.48. The van der Waals surface area contributed by atoms with E-state index in [1.165, 1.54) is 288 Å². The standard InChI is InChI=1S/C56H111NO4Si2.C53H102O5Si2.C3H9N.CH4/c1-14-41-57-47-54-39-40-55(58-42-35-31-27-23-19-15-17-21-25-29-33-37-44-60-62(48(2)3,49(4)5)50(6)7)46-56(54)59-43-36-32-28-24-20-16-18-22-26-30-34-38-45-61-63(51(8)9,52(10)11)53(12)13;1-45(2)59(46(3)4,47(5)6)57-41-35-31-27-23-19-15-13-17-21-25-29-33-39-55-52-38-37-51(44-54)53(43-52)56-40-34-30-26-22-18-14-16-20-24-28-32-36-42-58-60(48(7)8,49(9)10)50(11)12;1-2-3-4;/h39-40,46,48-53,57H,14-38,41-45,47H2,1-13H3;37-38,43-50H,13-36,39-42H2,1-12H3;2-4H2,1H3;1H4. The van der Waals surface area contributed by atoms with Crippen molar-refractivity contribution >= 4 is 39.6 Å². The summed E-state index contributed by atoms with van der Waals surface area (Å²) in [6.45, 7) is 71.0. The van der Waals surface area contributed by atoms with E-state index in [2.05, 4.69) is 204 Å². The molecule has 2 aromatic rings. The Hall–Kier alpha value is -2.06. The fourth-order valence-electron chi connectivity index (χ4n) is 21.8. The molecule has 0 amide bonds. The van der Waals surface area contributed by atoms with Crippen LogP contribution in [0.3, 0.4) is 0 Å². The molecule has 0 spiro atoms. The molecule has 0 unspecified atom stereocenters. The van der Waals surface area contributed by atoms with Gasteiger partial charge in [0.15, 0.2) is 39.6 Å². The Bertz CT molecular complexity index is 2670. The fraction of sp³-hybridized carbons (Fsp3) is 0.885. The number of aldehydes is 1. The van der Waals surface area contributed by atoms with Crippen LogP contribution in [0.15, 0.2) is 36.4 Å². The predicted octanol–water partition coefficient (Wildman–Crippen LogP) is 37.7. The minimum absolute atomic E-state index is 0. The van der Waals surface area contributed by atoms with E-state index in [4.69, 9.17) is 42.4 Å². The third-order valence-electron chi connectivity index (χ3n) is 28.6. The van der Waals surface area contributed by atoms with E-state index in [1.807, 2.05) is 18.2 Å². The largest absolute Gasteiger partial charge is 0.493 e. The zero-order valence-electron chi connectivity index (χ0n) is 89.9. The third-order valence-corrected chi connectivity index (χ3v) is 53.1. The van der Waals surface area contributed by atoms with Crippen LogP contribution in [0.1, 0.15) is 524 Å². The molecule has 0 aliphatic heterocycles. The zero-order valence-corrected chi connectivity index (χ0v) is 93.9. The predicted molar refractivity (Wildman–Crippen MR) is 578 cm³/mol. The van der Waals surface area contributed by atoms with E-state index in [9.17, 15) is 4.79 Å². The van der Waals surface area contributed by atoms with Gasteiger partial charge >= 0.3 is 0 Å². The lowest BCUT2D eigenvalue weighted by Gasteiger charge is -2.42. The Balaban J connectivity index is 0. The average molecular weight is 1870 g/mol. The molecule has 0 aliphatic rings. The highest BCUT2D eigenvalue weighted by Crippen LogP contribution is 2.46. The molecule has 0 fully saturated rings. The number of ether oxygens (including phenoxy) is 4. The number of hydrogen-bond acceptors (Lipinski definition) is 11. The maximum atomic E-state index is 11.7. The number of carbonyl (C=O) groups excluding carboxylic acids is 1. The van der Waals surface area contributed by atoms with Crippen LogP contribution >= 0.6 is 0 Å². The molecule has 0 saturated heterocycles. The van der Waals surface area contributed by atoms with Crippen LogP contribution in [0, 0.1) is 0 Å². The molecule has 11 nitrogen and oxygen atoms in total. The summed E-state index contributed by atoms with van der Waals surface area (Å²) >= 11 is 0. The molecular weight excluding hydrogens is 1640 g/mol. The van der Waals surface area contributed by atoms with E-state index < -0.39 is 33.3 Å². The van der Waals surface area contributed by atoms with Crippen molar-refractivity contribution in [3.63, 3.8) is 0 Å². The minimum Gasteiger partial charge on any atom is -0.493 e. The van der Waals surface area contributed by atoms with Crippen LogP contribution in [-0.2, 0) is 24.2 Å². The number of benzene rings is 2. The first-order valence-electron chi connectivity index (χ1n) is 55.1. The monoisotopic (exact) mass is 1870 g/mol. The molecule has 0 bridgehead atoms. The van der Waals surface area contributed by atoms with Crippen molar-refractivity contribution < 1.29 is 41.4 Å². The van der Waals surface area contributed by atoms with Gasteiger partial charge < -0.3 is 47.7 Å². The maximum absolute atomic E-state index is 11.7. The molecule has 3 N–H and O–H groups in total. The van der Waals surface area contributed by atoms with Crippen molar-refractivity contribution in [1.82, 2.24) is 5.32 Å². The van der Waals surface area contributed by atoms with Gasteiger partial charge in [-0.2, -0.15) is 0 Å². The second kappa shape index (κ2) is 82.0. The number of carbonyl (C=O) groups is 1. The summed E-state index contributed by atoms with van der Waals surface area (Å²) in [6.07, 6.45) is 66.0. The van der Waals surface area contributed by atoms with Crippen LogP contribution < -0.4 is 30.0 Å². The van der Waals surface area contributed by atoms with E-state index in [0.717, 1.165) is 121 Å². The molecular formula is C113H226N2O9Si4. The Morgan fingerprint density at radius 2 is 0.453 bits per heavy atom. The summed E-state index contributed by atoms with van der Waals surface area (Å²) in [6, 6.07) is 12.1. The highest BCUT2D eigenvalue weighted by atomic mass is 28.4. The van der Waals surface area contributed by atoms with Crippen LogP contribution in [0.5, 0.6) is 23.0 Å². The highest BCUT2D eigenvalue weighted by molar-refractivity contribution is 6.79. The van der Waals surface area contributed by atoms with E-state index in [0.29, 0.717) is 91.0 Å². The number of nitrogens with two attached hydrogens (primary N) is 1. The van der Waals surface area contributed by atoms with Crippen molar-refractivity contribution in [3.05, 3.63) is 47.5 Å². The van der Waals surface area contributed by atoms with Crippen LogP contribution in [0.25, 0.3) is 0 Å². The Kier molecular flexibility index (Phi) is 82.0. The van der Waals surface area contributed by atoms with E-state index >= 15 is 0 Å². The van der Waals surface area contributed by atoms with Crippen molar-refractivity contribution in [2.75, 3.05) is 65.9 Å². The maximum Gasteiger partial charge on any atom is 0.200 e. The molecule has 758 valence electrons. The van der Waals surface area contributed by atoms with Gasteiger partial charge in [0.25, 0.3) is 0 Å². The smallest absolute Gasteiger partial charge is 0.200 e. The Morgan fingerprint density at radius 3 is 0.656 bits per heavy atom. The van der Waals surface area contributed by atoms with Crippen LogP contribution in [0.4, 0.5) is 0 Å². The molecule has 0 radical (unpaired) electrons. The molecule has 15 heteroatoms. The summed E-state index contributed by atoms with van der Waals surface area (Å²) in [5.74, 6) is 3.40. The number of nitrogens with one attached hydrogen (secondary N) is 1. The molecule has 0 aromatic heterocycles. The third kappa shape index (κ3) is 55.4. The number of unbranched alkanes of at least 4 members (excludes halogenated alkanes) is 44. The minimum atomic E-state index is -1.70. The lowest BCUT2D eigenvalue weighted by molar-refractivity contribution is 0.111. The van der Waals surface area contributed by atoms with Crippen molar-refractivity contribution in [2.45, 2.75) is 582 Å². The van der Waals surface area contributed by atoms with Crippen molar-refractivity contribution in [3.8, 4) is 23.0 Å². The molecule has 0 atom stereocenters. The lowest BCUT2D eigenvalue weighted by Crippen LogP contribution is -2.47. The molecule has 0 saturated carbocycles. The first-order valence-corrected chi connectivity index (χ1v) is 63.7. The summed E-state index contributed by atoms with van der Waals surface area (Å²) in [4.78, 5) is 11.7. The number of rotatable bonds is 86. The average Bonchev–Trinajstić information content (AvgIpc) is 0.820. The quantitative estimate of drug-likeness (QED) is 0.0373. The summed E-state index contributed by atoms with van der Waals surface area (Å²) in [5.41, 5.74) is 15.1. The zero-order chi connectivity index (χ0) is 94.8. The van der Waals surface area contributed by atoms with Crippen LogP contribution in [0.2, 0.25) is 66.5 Å². The SMILES string of the molecule is C.CC(C)[Si](OCCCCCCCCCCCCCCOc1ccc(C=O)c(OCCCCCCCCCCCCCCO[Si](C(C)C)(C(C)C)C(C)C)c1)(C(C)C)C(C)C.CCCN.CCCNCc1ccc(OCCCCCCCCCCCCCCO[Si](C(C)C)(C(C)C)C(C)C)cc1OCCCCCCCCCCCCCCO[Si](C(C)C)(C(C)C)C(C)C. The molecule has 0 heterocycles. The number of hydrogen-bond donors (Lipinski definition) is 2. The molecule has 2 rings (SSSR count). The lowest BCUT2D eigenvalue weighted by atomic mass is 10.1. The Morgan fingerprint density at radius 1 is 0.266 bits per heavy atom. The second-order valence-corrected chi connectivity index (χ2v) is 64.4. The van der Waals surface area contributed by atoms with Gasteiger partial charge in [-0.25, -0.2) is 0 Å². The fourth-order valence-corrected chi connectivity index (χ4v) is 43.8. The Labute approximate surface area is 804 Å². The first-order chi connectivity index (χ1) is 60.9. The molecule has 2 aromatic carbocycles. The second-order valence-electron chi connectivity index (χ2n) is 42.6. The van der Waals surface area contributed by atoms with Gasteiger partial charge in [-0.05, 0) is 162 Å². The van der Waals surface area contributed by atoms with E-state index in [1.54, 1.807) is 0 Å². The van der Waals surface area contributed by atoms with Gasteiger partial charge in [0.05, 0.1) is 32.0 Å². The first kappa shape index (κ1) is 128. The topological polar surface area (TPSA) is 129 Å². The molecule has 0 aliphatic carbocycles. The summed E-state index contributed by atoms with van der Waals surface area (Å²) < 4.78 is 51.7. The van der Waals surface area contributed by atoms with Gasteiger partial charge in [-0.15, -0.1) is 0 Å². The van der Waals surface area contributed by atoms with Gasteiger partial charge in [0.1, 0.15) is 23.0 Å². The van der Waals surface area contributed by atoms with E-state index in [-0.39, 0.29) is 7.43 Å². The molecule has 128 heavy (non-hydrogen) atoms. The normalized spacial score (nSPS) is 12.4. The van der Waals surface area contributed by atoms with Crippen LogP contribution in [-0.4, -0.2) is 106 Å². The van der Waals surface area contributed by atoms with Crippen molar-refractivity contribution in [2.24, 2.45) is 5.73 Å². The summed E-state index contributed by atoms with van der Waals surface area (Å²) in [7, 11) is -6.79.